The molecule has 0 fully saturated rings. The maximum Gasteiger partial charge on any atom is 0.361 e. The fourth-order valence-electron chi connectivity index (χ4n) is 1.46. The number of ether oxygens (including phenoxy) is 1. The normalized spacial score (nSPS) is 10.3. The van der Waals surface area contributed by atoms with Crippen LogP contribution in [-0.2, 0) is 4.74 Å². The Balaban J connectivity index is 2.48. The van der Waals surface area contributed by atoms with E-state index in [2.05, 4.69) is 31.3 Å². The molecular formula is C11H10BrN3O3. The highest BCUT2D eigenvalue weighted by Crippen LogP contribution is 2.31. The first-order valence-corrected chi connectivity index (χ1v) is 5.99. The molecule has 2 N–H and O–H groups in total. The third-order valence-corrected chi connectivity index (χ3v) is 2.91. The third-order valence-electron chi connectivity index (χ3n) is 2.22. The third kappa shape index (κ3) is 2.35. The van der Waals surface area contributed by atoms with Gasteiger partial charge in [-0.15, -0.1) is 5.10 Å². The van der Waals surface area contributed by atoms with Gasteiger partial charge in [0.25, 0.3) is 0 Å². The Kier molecular flexibility index (Phi) is 3.61. The molecule has 6 nitrogen and oxygen atoms in total. The number of benzene rings is 1. The average molecular weight is 312 g/mol. The summed E-state index contributed by atoms with van der Waals surface area (Å²) in [6, 6.07) is 4.68. The van der Waals surface area contributed by atoms with Gasteiger partial charge in [0.1, 0.15) is 11.4 Å². The van der Waals surface area contributed by atoms with Crippen LogP contribution in [0.15, 0.2) is 22.7 Å². The first-order valence-electron chi connectivity index (χ1n) is 5.20. The number of phenolic OH excluding ortho intramolecular Hbond substituents is 1. The molecule has 0 saturated carbocycles. The van der Waals surface area contributed by atoms with Crippen molar-refractivity contribution in [3.05, 3.63) is 28.4 Å². The lowest BCUT2D eigenvalue weighted by Crippen LogP contribution is -2.06. The van der Waals surface area contributed by atoms with E-state index in [1.807, 2.05) is 0 Å². The molecule has 0 aliphatic rings. The van der Waals surface area contributed by atoms with Crippen LogP contribution < -0.4 is 0 Å². The molecule has 94 valence electrons. The molecule has 2 rings (SSSR count). The predicted molar refractivity (Wildman–Crippen MR) is 67.1 cm³/mol. The lowest BCUT2D eigenvalue weighted by atomic mass is 10.1. The van der Waals surface area contributed by atoms with E-state index in [0.717, 1.165) is 0 Å². The van der Waals surface area contributed by atoms with Crippen LogP contribution >= 0.6 is 15.9 Å². The van der Waals surface area contributed by atoms with Gasteiger partial charge >= 0.3 is 5.97 Å². The van der Waals surface area contributed by atoms with Gasteiger partial charge in [0.2, 0.25) is 0 Å². The van der Waals surface area contributed by atoms with Crippen LogP contribution in [0.2, 0.25) is 0 Å². The van der Waals surface area contributed by atoms with Gasteiger partial charge in [-0.2, -0.15) is 10.3 Å². The molecule has 1 aromatic heterocycles. The first kappa shape index (κ1) is 12.6. The van der Waals surface area contributed by atoms with Crippen LogP contribution in [0.3, 0.4) is 0 Å². The molecule has 0 spiro atoms. The van der Waals surface area contributed by atoms with E-state index in [9.17, 15) is 9.90 Å². The van der Waals surface area contributed by atoms with Crippen molar-refractivity contribution in [3.63, 3.8) is 0 Å². The molecule has 1 heterocycles. The zero-order valence-corrected chi connectivity index (χ0v) is 11.1. The number of esters is 1. The molecule has 0 atom stereocenters. The summed E-state index contributed by atoms with van der Waals surface area (Å²) in [7, 11) is 0. The monoisotopic (exact) mass is 311 g/mol. The van der Waals surface area contributed by atoms with Crippen molar-refractivity contribution < 1.29 is 14.6 Å². The maximum absolute atomic E-state index is 11.7. The number of nitrogens with zero attached hydrogens (tertiary/aromatic N) is 2. The Labute approximate surface area is 111 Å². The number of carbonyl (C=O) groups excluding carboxylic acids is 1. The van der Waals surface area contributed by atoms with Crippen molar-refractivity contribution >= 4 is 21.9 Å². The topological polar surface area (TPSA) is 88.1 Å². The number of phenols is 1. The molecule has 0 unspecified atom stereocenters. The van der Waals surface area contributed by atoms with Gasteiger partial charge in [-0.25, -0.2) is 4.79 Å². The highest BCUT2D eigenvalue weighted by atomic mass is 79.9. The Morgan fingerprint density at radius 3 is 3.00 bits per heavy atom. The second-order valence-corrected chi connectivity index (χ2v) is 4.26. The summed E-state index contributed by atoms with van der Waals surface area (Å²) in [6.45, 7) is 1.97. The van der Waals surface area contributed by atoms with Gasteiger partial charge in [0, 0.05) is 10.0 Å². The molecule has 0 radical (unpaired) electrons. The van der Waals surface area contributed by atoms with Crippen molar-refractivity contribution in [2.45, 2.75) is 6.92 Å². The highest BCUT2D eigenvalue weighted by molar-refractivity contribution is 9.10. The van der Waals surface area contributed by atoms with E-state index in [0.29, 0.717) is 15.7 Å². The van der Waals surface area contributed by atoms with Gasteiger partial charge < -0.3 is 9.84 Å². The van der Waals surface area contributed by atoms with Gasteiger partial charge in [-0.05, 0) is 25.1 Å². The molecule has 2 aromatic rings. The van der Waals surface area contributed by atoms with Gasteiger partial charge in [0.15, 0.2) is 5.69 Å². The Bertz CT molecular complexity index is 583. The van der Waals surface area contributed by atoms with Gasteiger partial charge in [-0.3, -0.25) is 0 Å². The van der Waals surface area contributed by atoms with Crippen LogP contribution in [0.1, 0.15) is 17.4 Å². The van der Waals surface area contributed by atoms with Crippen LogP contribution in [0.5, 0.6) is 5.75 Å². The summed E-state index contributed by atoms with van der Waals surface area (Å²) in [6.07, 6.45) is 0. The van der Waals surface area contributed by atoms with Crippen molar-refractivity contribution in [1.29, 1.82) is 0 Å². The minimum Gasteiger partial charge on any atom is -0.508 e. The zero-order chi connectivity index (χ0) is 13.1. The van der Waals surface area contributed by atoms with E-state index >= 15 is 0 Å². The number of hydrogen-bond acceptors (Lipinski definition) is 5. The smallest absolute Gasteiger partial charge is 0.361 e. The fraction of sp³-hybridized carbons (Fsp3) is 0.182. The largest absolute Gasteiger partial charge is 0.508 e. The molecule has 0 bridgehead atoms. The van der Waals surface area contributed by atoms with Crippen molar-refractivity contribution in [2.24, 2.45) is 0 Å². The number of H-pyrrole nitrogens is 1. The minimum atomic E-state index is -0.559. The number of hydrogen-bond donors (Lipinski definition) is 2. The van der Waals surface area contributed by atoms with E-state index in [1.54, 1.807) is 13.0 Å². The standard InChI is InChI=1S/C11H10BrN3O3/c1-2-18-11(17)10-9(13-15-14-10)7-5-6(16)3-4-8(7)12/h3-5,16H,2H2,1H3,(H,13,14,15). The predicted octanol–water partition coefficient (Wildman–Crippen LogP) is 2.12. The van der Waals surface area contributed by atoms with Crippen molar-refractivity contribution in [1.82, 2.24) is 15.4 Å². The molecule has 0 aliphatic carbocycles. The number of carbonyl (C=O) groups is 1. The molecular weight excluding hydrogens is 302 g/mol. The highest BCUT2D eigenvalue weighted by Gasteiger charge is 2.20. The number of rotatable bonds is 3. The molecule has 1 aromatic carbocycles. The molecule has 0 saturated heterocycles. The number of aromatic hydroxyl groups is 1. The SMILES string of the molecule is CCOC(=O)c1n[nH]nc1-c1cc(O)ccc1Br. The van der Waals surface area contributed by atoms with Crippen molar-refractivity contribution in [2.75, 3.05) is 6.61 Å². The van der Waals surface area contributed by atoms with E-state index < -0.39 is 5.97 Å². The average Bonchev–Trinajstić information content (AvgIpc) is 2.81. The first-order chi connectivity index (χ1) is 8.63. The summed E-state index contributed by atoms with van der Waals surface area (Å²) in [5.41, 5.74) is 0.978. The fourth-order valence-corrected chi connectivity index (χ4v) is 1.89. The van der Waals surface area contributed by atoms with E-state index in [1.165, 1.54) is 12.1 Å². The summed E-state index contributed by atoms with van der Waals surface area (Å²) in [4.78, 5) is 11.7. The lowest BCUT2D eigenvalue weighted by Gasteiger charge is -2.04. The summed E-state index contributed by atoms with van der Waals surface area (Å²) in [5.74, 6) is -0.484. The Morgan fingerprint density at radius 2 is 2.28 bits per heavy atom. The van der Waals surface area contributed by atoms with Crippen LogP contribution in [0.4, 0.5) is 0 Å². The quantitative estimate of drug-likeness (QED) is 0.848. The second-order valence-electron chi connectivity index (χ2n) is 3.41. The molecule has 0 aliphatic heterocycles. The van der Waals surface area contributed by atoms with Crippen LogP contribution in [0, 0.1) is 0 Å². The van der Waals surface area contributed by atoms with Gasteiger partial charge in [0.05, 0.1) is 6.61 Å². The molecule has 7 heteroatoms. The summed E-state index contributed by atoms with van der Waals surface area (Å²) >= 11 is 3.33. The molecule has 0 amide bonds. The number of nitrogens with one attached hydrogen (secondary N) is 1. The maximum atomic E-state index is 11.7. The number of aromatic nitrogens is 3. The van der Waals surface area contributed by atoms with Gasteiger partial charge in [-0.1, -0.05) is 15.9 Å². The summed E-state index contributed by atoms with van der Waals surface area (Å²) in [5, 5.41) is 19.5. The second kappa shape index (κ2) is 5.18. The number of halogens is 1. The van der Waals surface area contributed by atoms with Crippen LogP contribution in [-0.4, -0.2) is 33.1 Å². The zero-order valence-electron chi connectivity index (χ0n) is 9.48. The van der Waals surface area contributed by atoms with Crippen molar-refractivity contribution in [3.8, 4) is 17.0 Å². The van der Waals surface area contributed by atoms with E-state index in [-0.39, 0.29) is 18.1 Å². The Morgan fingerprint density at radius 1 is 1.50 bits per heavy atom. The van der Waals surface area contributed by atoms with E-state index in [4.69, 9.17) is 4.74 Å². The number of aromatic amines is 1. The summed E-state index contributed by atoms with van der Waals surface area (Å²) < 4.78 is 5.57. The minimum absolute atomic E-state index is 0.0750. The Hall–Kier alpha value is -1.89. The lowest BCUT2D eigenvalue weighted by molar-refractivity contribution is 0.0520. The molecule has 18 heavy (non-hydrogen) atoms. The van der Waals surface area contributed by atoms with Crippen LogP contribution in [0.25, 0.3) is 11.3 Å².